The standard InChI is InChI=1S/C7H9NO4/c1-5-2-8-6(12-5)3-11-4-7(9)10/h2H,3-4H2,1H3,(H,9,10). The predicted octanol–water partition coefficient (Wildman–Crippen LogP) is 0.584. The molecule has 1 aromatic rings. The fourth-order valence-electron chi connectivity index (χ4n) is 0.694. The van der Waals surface area contributed by atoms with Crippen molar-refractivity contribution in [3.8, 4) is 0 Å². The van der Waals surface area contributed by atoms with Gasteiger partial charge < -0.3 is 14.3 Å². The first-order chi connectivity index (χ1) is 5.68. The zero-order valence-electron chi connectivity index (χ0n) is 6.61. The Hall–Kier alpha value is -1.36. The Morgan fingerprint density at radius 3 is 3.08 bits per heavy atom. The highest BCUT2D eigenvalue weighted by Crippen LogP contribution is 2.02. The molecule has 0 aliphatic carbocycles. The lowest BCUT2D eigenvalue weighted by atomic mass is 10.6. The van der Waals surface area contributed by atoms with Gasteiger partial charge in [-0.15, -0.1) is 0 Å². The molecule has 0 aliphatic heterocycles. The molecule has 0 aromatic carbocycles. The summed E-state index contributed by atoms with van der Waals surface area (Å²) in [4.78, 5) is 13.8. The van der Waals surface area contributed by atoms with Crippen LogP contribution in [-0.4, -0.2) is 22.7 Å². The molecule has 0 fully saturated rings. The van der Waals surface area contributed by atoms with Gasteiger partial charge in [-0.1, -0.05) is 0 Å². The highest BCUT2D eigenvalue weighted by atomic mass is 16.5. The molecule has 1 N–H and O–H groups in total. The first-order valence-corrected chi connectivity index (χ1v) is 3.39. The molecule has 12 heavy (non-hydrogen) atoms. The van der Waals surface area contributed by atoms with Gasteiger partial charge >= 0.3 is 5.97 Å². The van der Waals surface area contributed by atoms with E-state index in [1.54, 1.807) is 13.1 Å². The van der Waals surface area contributed by atoms with E-state index in [1.165, 1.54) is 0 Å². The van der Waals surface area contributed by atoms with Crippen LogP contribution in [-0.2, 0) is 16.1 Å². The molecule has 0 radical (unpaired) electrons. The first kappa shape index (κ1) is 8.73. The molecular weight excluding hydrogens is 162 g/mol. The number of aliphatic carboxylic acids is 1. The summed E-state index contributed by atoms with van der Waals surface area (Å²) in [5, 5.41) is 8.22. The normalized spacial score (nSPS) is 10.1. The number of aromatic nitrogens is 1. The topological polar surface area (TPSA) is 72.6 Å². The number of carboxylic acid groups (broad SMARTS) is 1. The van der Waals surface area contributed by atoms with Gasteiger partial charge in [-0.05, 0) is 6.92 Å². The van der Waals surface area contributed by atoms with Gasteiger partial charge in [0.25, 0.3) is 0 Å². The molecule has 5 heteroatoms. The second-order valence-corrected chi connectivity index (χ2v) is 2.25. The van der Waals surface area contributed by atoms with Gasteiger partial charge in [-0.25, -0.2) is 9.78 Å². The molecule has 0 aliphatic rings. The van der Waals surface area contributed by atoms with Crippen molar-refractivity contribution in [3.05, 3.63) is 17.8 Å². The molecule has 0 bridgehead atoms. The smallest absolute Gasteiger partial charge is 0.329 e. The van der Waals surface area contributed by atoms with Crippen LogP contribution < -0.4 is 0 Å². The van der Waals surface area contributed by atoms with Crippen molar-refractivity contribution in [1.82, 2.24) is 4.98 Å². The van der Waals surface area contributed by atoms with Gasteiger partial charge in [0.05, 0.1) is 6.20 Å². The van der Waals surface area contributed by atoms with Crippen LogP contribution in [0.25, 0.3) is 0 Å². The van der Waals surface area contributed by atoms with E-state index in [0.717, 1.165) is 0 Å². The lowest BCUT2D eigenvalue weighted by Crippen LogP contribution is -2.06. The van der Waals surface area contributed by atoms with Gasteiger partial charge in [0.15, 0.2) is 0 Å². The highest BCUT2D eigenvalue weighted by molar-refractivity contribution is 5.67. The molecule has 0 saturated carbocycles. The van der Waals surface area contributed by atoms with Crippen LogP contribution in [0.2, 0.25) is 0 Å². The Morgan fingerprint density at radius 1 is 1.83 bits per heavy atom. The third-order valence-electron chi connectivity index (χ3n) is 1.12. The number of hydrogen-bond acceptors (Lipinski definition) is 4. The third kappa shape index (κ3) is 2.71. The van der Waals surface area contributed by atoms with Crippen LogP contribution in [0.5, 0.6) is 0 Å². The summed E-state index contributed by atoms with van der Waals surface area (Å²) < 4.78 is 9.77. The van der Waals surface area contributed by atoms with E-state index in [0.29, 0.717) is 11.7 Å². The molecule has 1 aromatic heterocycles. The predicted molar refractivity (Wildman–Crippen MR) is 38.5 cm³/mol. The molecule has 0 saturated heterocycles. The first-order valence-electron chi connectivity index (χ1n) is 3.39. The molecule has 1 rings (SSSR count). The molecule has 0 unspecified atom stereocenters. The van der Waals surface area contributed by atoms with Gasteiger partial charge in [-0.2, -0.15) is 0 Å². The van der Waals surface area contributed by atoms with Gasteiger partial charge in [-0.3, -0.25) is 0 Å². The van der Waals surface area contributed by atoms with E-state index in [4.69, 9.17) is 14.3 Å². The maximum atomic E-state index is 10.0. The number of ether oxygens (including phenoxy) is 1. The Balaban J connectivity index is 2.29. The number of oxazole rings is 1. The fourth-order valence-corrected chi connectivity index (χ4v) is 0.694. The van der Waals surface area contributed by atoms with Crippen molar-refractivity contribution in [2.24, 2.45) is 0 Å². The summed E-state index contributed by atoms with van der Waals surface area (Å²) in [6.07, 6.45) is 1.56. The summed E-state index contributed by atoms with van der Waals surface area (Å²) in [7, 11) is 0. The Morgan fingerprint density at radius 2 is 2.58 bits per heavy atom. The zero-order chi connectivity index (χ0) is 8.97. The van der Waals surface area contributed by atoms with Crippen molar-refractivity contribution in [3.63, 3.8) is 0 Å². The minimum atomic E-state index is -1.00. The second kappa shape index (κ2) is 3.87. The Labute approximate surface area is 69.0 Å². The highest BCUT2D eigenvalue weighted by Gasteiger charge is 2.01. The minimum absolute atomic E-state index is 0.0974. The summed E-state index contributed by atoms with van der Waals surface area (Å²) in [5.74, 6) is 0.0796. The Kier molecular flexibility index (Phi) is 2.82. The largest absolute Gasteiger partial charge is 0.480 e. The average Bonchev–Trinajstić information content (AvgIpc) is 2.35. The monoisotopic (exact) mass is 171 g/mol. The zero-order valence-corrected chi connectivity index (χ0v) is 6.61. The van der Waals surface area contributed by atoms with Crippen LogP contribution in [0, 0.1) is 6.92 Å². The molecule has 0 atom stereocenters. The molecule has 1 heterocycles. The number of carboxylic acids is 1. The van der Waals surface area contributed by atoms with E-state index >= 15 is 0 Å². The van der Waals surface area contributed by atoms with Gasteiger partial charge in [0.1, 0.15) is 19.0 Å². The Bertz CT molecular complexity index is 268. The number of aryl methyl sites for hydroxylation is 1. The lowest BCUT2D eigenvalue weighted by Gasteiger charge is -1.95. The van der Waals surface area contributed by atoms with Crippen molar-refractivity contribution in [2.75, 3.05) is 6.61 Å². The summed E-state index contributed by atoms with van der Waals surface area (Å²) in [6.45, 7) is 1.52. The van der Waals surface area contributed by atoms with Crippen LogP contribution >= 0.6 is 0 Å². The summed E-state index contributed by atoms with van der Waals surface area (Å²) >= 11 is 0. The van der Waals surface area contributed by atoms with Crippen molar-refractivity contribution in [2.45, 2.75) is 13.5 Å². The van der Waals surface area contributed by atoms with Crippen LogP contribution in [0.4, 0.5) is 0 Å². The number of nitrogens with zero attached hydrogens (tertiary/aromatic N) is 1. The maximum absolute atomic E-state index is 10.0. The lowest BCUT2D eigenvalue weighted by molar-refractivity contribution is -0.142. The van der Waals surface area contributed by atoms with Gasteiger partial charge in [0.2, 0.25) is 5.89 Å². The van der Waals surface area contributed by atoms with E-state index in [2.05, 4.69) is 4.98 Å². The van der Waals surface area contributed by atoms with Crippen LogP contribution in [0.1, 0.15) is 11.7 Å². The number of rotatable bonds is 4. The maximum Gasteiger partial charge on any atom is 0.329 e. The molecular formula is C7H9NO4. The van der Waals surface area contributed by atoms with Crippen molar-refractivity contribution < 1.29 is 19.1 Å². The van der Waals surface area contributed by atoms with E-state index in [-0.39, 0.29) is 13.2 Å². The molecule has 0 spiro atoms. The van der Waals surface area contributed by atoms with Gasteiger partial charge in [0, 0.05) is 0 Å². The van der Waals surface area contributed by atoms with Crippen molar-refractivity contribution >= 4 is 5.97 Å². The van der Waals surface area contributed by atoms with Crippen LogP contribution in [0.15, 0.2) is 10.6 Å². The third-order valence-corrected chi connectivity index (χ3v) is 1.12. The SMILES string of the molecule is Cc1cnc(COCC(=O)O)o1. The summed E-state index contributed by atoms with van der Waals surface area (Å²) in [6, 6.07) is 0. The quantitative estimate of drug-likeness (QED) is 0.717. The molecule has 5 nitrogen and oxygen atoms in total. The average molecular weight is 171 g/mol. The molecule has 0 amide bonds. The van der Waals surface area contributed by atoms with Crippen LogP contribution in [0.3, 0.4) is 0 Å². The second-order valence-electron chi connectivity index (χ2n) is 2.25. The van der Waals surface area contributed by atoms with Crippen molar-refractivity contribution in [1.29, 1.82) is 0 Å². The minimum Gasteiger partial charge on any atom is -0.480 e. The van der Waals surface area contributed by atoms with E-state index in [9.17, 15) is 4.79 Å². The fraction of sp³-hybridized carbons (Fsp3) is 0.429. The van der Waals surface area contributed by atoms with E-state index < -0.39 is 5.97 Å². The number of carbonyl (C=O) groups is 1. The van der Waals surface area contributed by atoms with E-state index in [1.807, 2.05) is 0 Å². The molecule has 66 valence electrons. The summed E-state index contributed by atoms with van der Waals surface area (Å²) in [5.41, 5.74) is 0. The number of hydrogen-bond donors (Lipinski definition) is 1.